The second kappa shape index (κ2) is 7.17. The van der Waals surface area contributed by atoms with Crippen LogP contribution in [0.15, 0.2) is 0 Å². The van der Waals surface area contributed by atoms with E-state index in [9.17, 15) is 5.11 Å². The van der Waals surface area contributed by atoms with Crippen molar-refractivity contribution in [3.63, 3.8) is 0 Å². The lowest BCUT2D eigenvalue weighted by Crippen LogP contribution is -2.36. The number of methoxy groups -OCH3 is 1. The second-order valence-electron chi connectivity index (χ2n) is 3.74. The first-order chi connectivity index (χ1) is 6.83. The molecule has 0 amide bonds. The van der Waals surface area contributed by atoms with Crippen molar-refractivity contribution in [1.29, 1.82) is 0 Å². The largest absolute Gasteiger partial charge is 0.391 e. The van der Waals surface area contributed by atoms with E-state index in [0.29, 0.717) is 12.6 Å². The first-order valence-electron chi connectivity index (χ1n) is 5.31. The molecule has 4 heteroatoms. The highest BCUT2D eigenvalue weighted by Crippen LogP contribution is 2.06. The molecule has 0 aromatic heterocycles. The Morgan fingerprint density at radius 2 is 2.21 bits per heavy atom. The third-order valence-corrected chi connectivity index (χ3v) is 2.49. The van der Waals surface area contributed by atoms with Crippen LogP contribution in [0.5, 0.6) is 0 Å². The zero-order valence-electron chi connectivity index (χ0n) is 8.87. The molecule has 1 atom stereocenters. The maximum absolute atomic E-state index is 9.39. The van der Waals surface area contributed by atoms with Crippen molar-refractivity contribution in [3.8, 4) is 0 Å². The minimum Gasteiger partial charge on any atom is -0.391 e. The van der Waals surface area contributed by atoms with Crippen LogP contribution < -0.4 is 5.32 Å². The van der Waals surface area contributed by atoms with Crippen LogP contribution >= 0.6 is 0 Å². The number of ether oxygens (including phenoxy) is 2. The van der Waals surface area contributed by atoms with E-state index in [4.69, 9.17) is 9.47 Å². The molecule has 0 saturated carbocycles. The Labute approximate surface area is 85.6 Å². The van der Waals surface area contributed by atoms with E-state index >= 15 is 0 Å². The molecule has 0 spiro atoms. The van der Waals surface area contributed by atoms with Gasteiger partial charge in [0.25, 0.3) is 0 Å². The highest BCUT2D eigenvalue weighted by atomic mass is 16.5. The predicted molar refractivity (Wildman–Crippen MR) is 54.3 cm³/mol. The van der Waals surface area contributed by atoms with Gasteiger partial charge in [-0.2, -0.15) is 0 Å². The summed E-state index contributed by atoms with van der Waals surface area (Å²) in [5, 5.41) is 12.8. The SMILES string of the molecule is COCC(O)CCNC1CCOCC1. The van der Waals surface area contributed by atoms with Gasteiger partial charge in [-0.15, -0.1) is 0 Å². The number of hydrogen-bond donors (Lipinski definition) is 2. The maximum atomic E-state index is 9.39. The average molecular weight is 203 g/mol. The highest BCUT2D eigenvalue weighted by molar-refractivity contribution is 4.70. The molecule has 0 radical (unpaired) electrons. The molecule has 0 aromatic carbocycles. The van der Waals surface area contributed by atoms with Gasteiger partial charge in [-0.05, 0) is 25.8 Å². The van der Waals surface area contributed by atoms with Crippen LogP contribution in [0.25, 0.3) is 0 Å². The molecule has 1 unspecified atom stereocenters. The molecule has 84 valence electrons. The Kier molecular flexibility index (Phi) is 6.10. The van der Waals surface area contributed by atoms with E-state index in [2.05, 4.69) is 5.32 Å². The van der Waals surface area contributed by atoms with Gasteiger partial charge in [0.2, 0.25) is 0 Å². The van der Waals surface area contributed by atoms with Crippen molar-refractivity contribution in [2.75, 3.05) is 33.5 Å². The van der Waals surface area contributed by atoms with Gasteiger partial charge >= 0.3 is 0 Å². The Morgan fingerprint density at radius 1 is 1.50 bits per heavy atom. The van der Waals surface area contributed by atoms with Crippen molar-refractivity contribution in [2.45, 2.75) is 31.4 Å². The molecule has 14 heavy (non-hydrogen) atoms. The monoisotopic (exact) mass is 203 g/mol. The lowest BCUT2D eigenvalue weighted by atomic mass is 10.1. The average Bonchev–Trinajstić information content (AvgIpc) is 2.20. The third kappa shape index (κ3) is 4.91. The predicted octanol–water partition coefficient (Wildman–Crippen LogP) is 0.152. The normalized spacial score (nSPS) is 21.0. The minimum absolute atomic E-state index is 0.340. The molecule has 1 aliphatic rings. The first kappa shape index (κ1) is 11.9. The molecule has 1 saturated heterocycles. The van der Waals surface area contributed by atoms with E-state index < -0.39 is 0 Å². The lowest BCUT2D eigenvalue weighted by Gasteiger charge is -2.23. The zero-order chi connectivity index (χ0) is 10.2. The van der Waals surface area contributed by atoms with Crippen molar-refractivity contribution in [1.82, 2.24) is 5.32 Å². The zero-order valence-corrected chi connectivity index (χ0v) is 8.87. The topological polar surface area (TPSA) is 50.7 Å². The molecule has 1 rings (SSSR count). The Bertz CT molecular complexity index is 137. The van der Waals surface area contributed by atoms with Crippen molar-refractivity contribution in [3.05, 3.63) is 0 Å². The van der Waals surface area contributed by atoms with Gasteiger partial charge in [0, 0.05) is 26.4 Å². The summed E-state index contributed by atoms with van der Waals surface area (Å²) in [6.07, 6.45) is 2.58. The molecule has 1 fully saturated rings. The number of nitrogens with one attached hydrogen (secondary N) is 1. The maximum Gasteiger partial charge on any atom is 0.0785 e. The summed E-state index contributed by atoms with van der Waals surface area (Å²) in [5.74, 6) is 0. The molecule has 0 bridgehead atoms. The van der Waals surface area contributed by atoms with E-state index in [0.717, 1.165) is 39.0 Å². The number of rotatable bonds is 6. The third-order valence-electron chi connectivity index (χ3n) is 2.49. The summed E-state index contributed by atoms with van der Waals surface area (Å²) in [4.78, 5) is 0. The Morgan fingerprint density at radius 3 is 2.86 bits per heavy atom. The fraction of sp³-hybridized carbons (Fsp3) is 1.00. The molecule has 1 aliphatic heterocycles. The summed E-state index contributed by atoms with van der Waals surface area (Å²) in [7, 11) is 1.61. The highest BCUT2D eigenvalue weighted by Gasteiger charge is 2.13. The number of aliphatic hydroxyl groups excluding tert-OH is 1. The van der Waals surface area contributed by atoms with Gasteiger partial charge in [0.15, 0.2) is 0 Å². The first-order valence-corrected chi connectivity index (χ1v) is 5.31. The van der Waals surface area contributed by atoms with E-state index in [-0.39, 0.29) is 6.10 Å². The van der Waals surface area contributed by atoms with Crippen LogP contribution in [0, 0.1) is 0 Å². The summed E-state index contributed by atoms with van der Waals surface area (Å²) in [6.45, 7) is 3.00. The van der Waals surface area contributed by atoms with E-state index in [1.165, 1.54) is 0 Å². The Hall–Kier alpha value is -0.160. The van der Waals surface area contributed by atoms with Crippen LogP contribution in [0.3, 0.4) is 0 Å². The van der Waals surface area contributed by atoms with E-state index in [1.54, 1.807) is 7.11 Å². The van der Waals surface area contributed by atoms with Crippen LogP contribution in [0.1, 0.15) is 19.3 Å². The molecule has 0 aliphatic carbocycles. The van der Waals surface area contributed by atoms with Gasteiger partial charge in [0.1, 0.15) is 0 Å². The fourth-order valence-corrected chi connectivity index (χ4v) is 1.63. The number of aliphatic hydroxyl groups is 1. The standard InChI is InChI=1S/C10H21NO3/c1-13-8-10(12)2-5-11-9-3-6-14-7-4-9/h9-12H,2-8H2,1H3. The summed E-state index contributed by atoms with van der Waals surface area (Å²) in [6, 6.07) is 0.568. The van der Waals surface area contributed by atoms with Crippen LogP contribution in [-0.4, -0.2) is 50.7 Å². The molecule has 2 N–H and O–H groups in total. The van der Waals surface area contributed by atoms with Crippen molar-refractivity contribution < 1.29 is 14.6 Å². The van der Waals surface area contributed by atoms with Crippen molar-refractivity contribution >= 4 is 0 Å². The van der Waals surface area contributed by atoms with Crippen molar-refractivity contribution in [2.24, 2.45) is 0 Å². The molecular weight excluding hydrogens is 182 g/mol. The second-order valence-corrected chi connectivity index (χ2v) is 3.74. The quantitative estimate of drug-likeness (QED) is 0.645. The van der Waals surface area contributed by atoms with Gasteiger partial charge in [-0.3, -0.25) is 0 Å². The summed E-state index contributed by atoms with van der Waals surface area (Å²) >= 11 is 0. The summed E-state index contributed by atoms with van der Waals surface area (Å²) < 4.78 is 10.1. The fourth-order valence-electron chi connectivity index (χ4n) is 1.63. The van der Waals surface area contributed by atoms with Crippen LogP contribution in [0.4, 0.5) is 0 Å². The molecule has 1 heterocycles. The minimum atomic E-state index is -0.340. The van der Waals surface area contributed by atoms with Gasteiger partial charge in [-0.1, -0.05) is 0 Å². The lowest BCUT2D eigenvalue weighted by molar-refractivity contribution is 0.0546. The van der Waals surface area contributed by atoms with Crippen LogP contribution in [0.2, 0.25) is 0 Å². The molecular formula is C10H21NO3. The van der Waals surface area contributed by atoms with Crippen LogP contribution in [-0.2, 0) is 9.47 Å². The van der Waals surface area contributed by atoms with Gasteiger partial charge in [0.05, 0.1) is 12.7 Å². The number of hydrogen-bond acceptors (Lipinski definition) is 4. The summed E-state index contributed by atoms with van der Waals surface area (Å²) in [5.41, 5.74) is 0. The van der Waals surface area contributed by atoms with Gasteiger partial charge in [-0.25, -0.2) is 0 Å². The Balaban J connectivity index is 1.96. The molecule has 0 aromatic rings. The molecule has 4 nitrogen and oxygen atoms in total. The smallest absolute Gasteiger partial charge is 0.0785 e. The van der Waals surface area contributed by atoms with E-state index in [1.807, 2.05) is 0 Å². The van der Waals surface area contributed by atoms with Gasteiger partial charge < -0.3 is 19.9 Å².